The number of carbonyl (C=O) groups excluding carboxylic acids is 1. The van der Waals surface area contributed by atoms with Crippen molar-refractivity contribution in [3.63, 3.8) is 0 Å². The van der Waals surface area contributed by atoms with Crippen molar-refractivity contribution in [2.75, 3.05) is 0 Å². The smallest absolute Gasteiger partial charge is 0.246 e. The molecule has 0 unspecified atom stereocenters. The highest BCUT2D eigenvalue weighted by atomic mass is 16.5. The standard InChI is InChI=1S/C8H16NO2/c1-2-3-4-5-6-7-8(10)9-11/h2-7H2,1H3,(H,9,10). The Morgan fingerprint density at radius 3 is 2.36 bits per heavy atom. The summed E-state index contributed by atoms with van der Waals surface area (Å²) in [4.78, 5) is 10.4. The molecule has 0 saturated heterocycles. The fraction of sp³-hybridized carbons (Fsp3) is 0.875. The minimum atomic E-state index is -0.388. The van der Waals surface area contributed by atoms with Crippen LogP contribution < -0.4 is 5.48 Å². The molecule has 0 atom stereocenters. The van der Waals surface area contributed by atoms with E-state index < -0.39 is 0 Å². The van der Waals surface area contributed by atoms with E-state index in [1.165, 1.54) is 24.7 Å². The third kappa shape index (κ3) is 7.33. The Labute approximate surface area is 67.8 Å². The molecule has 0 aromatic rings. The Kier molecular flexibility index (Phi) is 7.15. The van der Waals surface area contributed by atoms with Crippen LogP contribution in [0.1, 0.15) is 45.4 Å². The summed E-state index contributed by atoms with van der Waals surface area (Å²) in [5.74, 6) is -0.388. The molecule has 65 valence electrons. The van der Waals surface area contributed by atoms with E-state index in [1.807, 2.05) is 0 Å². The van der Waals surface area contributed by atoms with Crippen molar-refractivity contribution < 1.29 is 10.0 Å². The predicted octanol–water partition coefficient (Wildman–Crippen LogP) is 1.81. The average Bonchev–Trinajstić information content (AvgIpc) is 2.04. The Balaban J connectivity index is 2.95. The normalized spacial score (nSPS) is 9.64. The second-order valence-electron chi connectivity index (χ2n) is 2.69. The number of hydrogen-bond acceptors (Lipinski definition) is 1. The SMILES string of the molecule is CCCCCCCC(=O)N[O]. The molecule has 0 aliphatic carbocycles. The largest absolute Gasteiger partial charge is 0.273 e. The second-order valence-corrected chi connectivity index (χ2v) is 2.69. The van der Waals surface area contributed by atoms with Crippen molar-refractivity contribution in [3.8, 4) is 0 Å². The van der Waals surface area contributed by atoms with Crippen LogP contribution >= 0.6 is 0 Å². The monoisotopic (exact) mass is 158 g/mol. The third-order valence-electron chi connectivity index (χ3n) is 1.62. The molecule has 3 heteroatoms. The van der Waals surface area contributed by atoms with Gasteiger partial charge in [-0.15, -0.1) is 0 Å². The Bertz CT molecular complexity index is 104. The second kappa shape index (κ2) is 7.54. The quantitative estimate of drug-likeness (QED) is 0.465. The molecule has 0 rings (SSSR count). The van der Waals surface area contributed by atoms with Gasteiger partial charge in [-0.2, -0.15) is 0 Å². The number of rotatable bonds is 6. The molecule has 0 aliphatic heterocycles. The van der Waals surface area contributed by atoms with E-state index >= 15 is 0 Å². The first-order valence-corrected chi connectivity index (χ1v) is 4.22. The number of hydroxylamine groups is 1. The molecule has 11 heavy (non-hydrogen) atoms. The predicted molar refractivity (Wildman–Crippen MR) is 42.2 cm³/mol. The Morgan fingerprint density at radius 2 is 1.82 bits per heavy atom. The van der Waals surface area contributed by atoms with Crippen LogP contribution in [0.2, 0.25) is 0 Å². The first-order valence-electron chi connectivity index (χ1n) is 4.22. The number of amides is 1. The molecule has 3 nitrogen and oxygen atoms in total. The lowest BCUT2D eigenvalue weighted by Gasteiger charge is -1.97. The fourth-order valence-electron chi connectivity index (χ4n) is 0.940. The first kappa shape index (κ1) is 10.4. The van der Waals surface area contributed by atoms with Gasteiger partial charge in [0.15, 0.2) is 0 Å². The van der Waals surface area contributed by atoms with Crippen molar-refractivity contribution in [2.24, 2.45) is 0 Å². The summed E-state index contributed by atoms with van der Waals surface area (Å²) < 4.78 is 0. The zero-order valence-electron chi connectivity index (χ0n) is 7.06. The molecule has 0 fully saturated rings. The molecular formula is C8H16NO2. The minimum absolute atomic E-state index is 0.382. The number of carbonyl (C=O) groups is 1. The van der Waals surface area contributed by atoms with Crippen LogP contribution in [0.25, 0.3) is 0 Å². The fourth-order valence-corrected chi connectivity index (χ4v) is 0.940. The van der Waals surface area contributed by atoms with Crippen molar-refractivity contribution in [2.45, 2.75) is 45.4 Å². The summed E-state index contributed by atoms with van der Waals surface area (Å²) in [6.45, 7) is 2.14. The molecule has 1 N–H and O–H groups in total. The summed E-state index contributed by atoms with van der Waals surface area (Å²) in [5, 5.41) is 9.75. The van der Waals surface area contributed by atoms with Crippen molar-refractivity contribution >= 4 is 5.91 Å². The van der Waals surface area contributed by atoms with Gasteiger partial charge in [-0.05, 0) is 6.42 Å². The summed E-state index contributed by atoms with van der Waals surface area (Å²) >= 11 is 0. The lowest BCUT2D eigenvalue weighted by Crippen LogP contribution is -2.16. The molecule has 0 aliphatic rings. The van der Waals surface area contributed by atoms with Gasteiger partial charge in [-0.1, -0.05) is 37.8 Å². The van der Waals surface area contributed by atoms with Crippen LogP contribution in [0.15, 0.2) is 0 Å². The Hall–Kier alpha value is -0.570. The summed E-state index contributed by atoms with van der Waals surface area (Å²) in [7, 11) is 0. The van der Waals surface area contributed by atoms with Crippen LogP contribution in [0.4, 0.5) is 0 Å². The zero-order chi connectivity index (χ0) is 8.53. The molecule has 1 amide bonds. The zero-order valence-corrected chi connectivity index (χ0v) is 7.06. The summed E-state index contributed by atoms with van der Waals surface area (Å²) in [5.41, 5.74) is 1.37. The number of unbranched alkanes of at least 4 members (excludes halogenated alkanes) is 4. The topological polar surface area (TPSA) is 49.0 Å². The van der Waals surface area contributed by atoms with Gasteiger partial charge in [0.25, 0.3) is 0 Å². The van der Waals surface area contributed by atoms with Gasteiger partial charge in [0.2, 0.25) is 5.91 Å². The third-order valence-corrected chi connectivity index (χ3v) is 1.62. The Morgan fingerprint density at radius 1 is 1.18 bits per heavy atom. The van der Waals surface area contributed by atoms with Gasteiger partial charge in [0.05, 0.1) is 0 Å². The molecule has 0 saturated carbocycles. The van der Waals surface area contributed by atoms with Gasteiger partial charge < -0.3 is 0 Å². The van der Waals surface area contributed by atoms with E-state index in [1.54, 1.807) is 0 Å². The van der Waals surface area contributed by atoms with Gasteiger partial charge >= 0.3 is 0 Å². The maximum absolute atomic E-state index is 10.4. The van der Waals surface area contributed by atoms with Crippen molar-refractivity contribution in [1.82, 2.24) is 5.48 Å². The summed E-state index contributed by atoms with van der Waals surface area (Å²) in [6, 6.07) is 0. The van der Waals surface area contributed by atoms with Gasteiger partial charge in [0, 0.05) is 6.42 Å². The highest BCUT2D eigenvalue weighted by molar-refractivity contribution is 5.74. The maximum atomic E-state index is 10.4. The van der Waals surface area contributed by atoms with E-state index in [4.69, 9.17) is 0 Å². The van der Waals surface area contributed by atoms with Crippen LogP contribution in [0.5, 0.6) is 0 Å². The lowest BCUT2D eigenvalue weighted by molar-refractivity contribution is -0.133. The van der Waals surface area contributed by atoms with Crippen LogP contribution in [-0.2, 0) is 10.0 Å². The van der Waals surface area contributed by atoms with E-state index in [0.717, 1.165) is 12.8 Å². The number of hydrogen-bond donors (Lipinski definition) is 1. The minimum Gasteiger partial charge on any atom is -0.273 e. The highest BCUT2D eigenvalue weighted by Crippen LogP contribution is 2.04. The molecule has 0 spiro atoms. The average molecular weight is 158 g/mol. The van der Waals surface area contributed by atoms with Crippen molar-refractivity contribution in [1.29, 1.82) is 0 Å². The maximum Gasteiger partial charge on any atom is 0.246 e. The highest BCUT2D eigenvalue weighted by Gasteiger charge is 1.97. The lowest BCUT2D eigenvalue weighted by atomic mass is 10.1. The van der Waals surface area contributed by atoms with Crippen LogP contribution in [-0.4, -0.2) is 5.91 Å². The van der Waals surface area contributed by atoms with E-state index in [2.05, 4.69) is 6.92 Å². The molecule has 0 aromatic carbocycles. The van der Waals surface area contributed by atoms with Gasteiger partial charge in [-0.25, -0.2) is 5.48 Å². The molecule has 0 bridgehead atoms. The molecule has 0 aromatic heterocycles. The van der Waals surface area contributed by atoms with Gasteiger partial charge in [-0.3, -0.25) is 4.79 Å². The molecule has 1 radical (unpaired) electrons. The van der Waals surface area contributed by atoms with E-state index in [-0.39, 0.29) is 5.91 Å². The first-order chi connectivity index (χ1) is 5.31. The van der Waals surface area contributed by atoms with Gasteiger partial charge in [0.1, 0.15) is 0 Å². The molecular weight excluding hydrogens is 142 g/mol. The summed E-state index contributed by atoms with van der Waals surface area (Å²) in [6.07, 6.45) is 5.87. The van der Waals surface area contributed by atoms with Crippen molar-refractivity contribution in [3.05, 3.63) is 0 Å². The van der Waals surface area contributed by atoms with E-state index in [0.29, 0.717) is 6.42 Å². The number of nitrogens with one attached hydrogen (secondary N) is 1. The van der Waals surface area contributed by atoms with E-state index in [9.17, 15) is 10.0 Å². The van der Waals surface area contributed by atoms with Crippen LogP contribution in [0, 0.1) is 0 Å². The van der Waals surface area contributed by atoms with Crippen LogP contribution in [0.3, 0.4) is 0 Å². The molecule has 0 heterocycles.